The van der Waals surface area contributed by atoms with Gasteiger partial charge in [-0.15, -0.1) is 12.8 Å². The Hall–Kier alpha value is -3.63. The zero-order chi connectivity index (χ0) is 31.9. The molecule has 0 saturated heterocycles. The molecule has 3 rings (SSSR count). The number of nitrogens with two attached hydrogens (primary N) is 1. The van der Waals surface area contributed by atoms with E-state index in [0.717, 1.165) is 5.92 Å². The summed E-state index contributed by atoms with van der Waals surface area (Å²) >= 11 is 0. The predicted molar refractivity (Wildman–Crippen MR) is 162 cm³/mol. The van der Waals surface area contributed by atoms with Crippen molar-refractivity contribution in [2.75, 3.05) is 33.0 Å². The van der Waals surface area contributed by atoms with Crippen LogP contribution in [0.1, 0.15) is 46.2 Å². The van der Waals surface area contributed by atoms with Gasteiger partial charge in [0.05, 0.1) is 30.1 Å². The number of nitrogens with zero attached hydrogens (tertiary/aromatic N) is 1. The molecule has 2 amide bonds. The van der Waals surface area contributed by atoms with E-state index in [1.54, 1.807) is 30.3 Å². The number of aliphatic hydroxyl groups excluding tert-OH is 1. The highest BCUT2D eigenvalue weighted by Crippen LogP contribution is 2.35. The van der Waals surface area contributed by atoms with Crippen molar-refractivity contribution in [3.05, 3.63) is 54.1 Å². The molecule has 0 aliphatic carbocycles. The van der Waals surface area contributed by atoms with Gasteiger partial charge < -0.3 is 30.9 Å². The van der Waals surface area contributed by atoms with Crippen LogP contribution in [0.2, 0.25) is 0 Å². The summed E-state index contributed by atoms with van der Waals surface area (Å²) < 4.78 is 38.9. The number of aliphatic hydroxyl groups is 1. The Kier molecular flexibility index (Phi) is 15.6. The molecule has 2 aromatic rings. The number of benzene rings is 2. The van der Waals surface area contributed by atoms with Gasteiger partial charge in [0.2, 0.25) is 28.6 Å². The molecule has 42 heavy (non-hydrogen) atoms. The van der Waals surface area contributed by atoms with Crippen LogP contribution < -0.4 is 25.8 Å². The van der Waals surface area contributed by atoms with E-state index in [4.69, 9.17) is 15.2 Å². The highest BCUT2D eigenvalue weighted by molar-refractivity contribution is 7.89. The summed E-state index contributed by atoms with van der Waals surface area (Å²) in [5.74, 6) is 0.518. The summed E-state index contributed by atoms with van der Waals surface area (Å²) in [5, 5.41) is 16.3. The number of amides is 2. The number of rotatable bonds is 12. The molecule has 0 saturated carbocycles. The number of terminal acetylenes is 1. The van der Waals surface area contributed by atoms with Crippen molar-refractivity contribution >= 4 is 21.8 Å². The number of carbonyl (C=O) groups excluding carboxylic acids is 2. The molecule has 0 bridgehead atoms. The summed E-state index contributed by atoms with van der Waals surface area (Å²) in [4.78, 5) is 23.9. The van der Waals surface area contributed by atoms with Crippen molar-refractivity contribution in [2.24, 2.45) is 17.6 Å². The summed E-state index contributed by atoms with van der Waals surface area (Å²) in [6.45, 7) is 9.49. The zero-order valence-corrected chi connectivity index (χ0v) is 25.8. The number of carbonyl (C=O) groups is 2. The molecule has 0 radical (unpaired) electrons. The SMILES string of the molecule is C#C.CC(C)C.CC(C)CN(C[C@@H](O)[C@@H](NC(=O)CNC(=O)CN)c1ccccc1)S(=O)(=O)c1ccc2c(c1)OCO2. The maximum Gasteiger partial charge on any atom is 0.243 e. The normalized spacial score (nSPS) is 13.3. The van der Waals surface area contributed by atoms with Gasteiger partial charge in [-0.1, -0.05) is 65.0 Å². The lowest BCUT2D eigenvalue weighted by Gasteiger charge is -2.31. The molecule has 2 atom stereocenters. The molecular weight excluding hydrogens is 560 g/mol. The monoisotopic (exact) mass is 604 g/mol. The van der Waals surface area contributed by atoms with E-state index in [0.29, 0.717) is 17.1 Å². The molecule has 1 aliphatic rings. The molecule has 1 heterocycles. The van der Waals surface area contributed by atoms with Crippen LogP contribution in [-0.4, -0.2) is 68.7 Å². The topological polar surface area (TPSA) is 160 Å². The smallest absolute Gasteiger partial charge is 0.243 e. The highest BCUT2D eigenvalue weighted by atomic mass is 32.2. The van der Waals surface area contributed by atoms with Crippen LogP contribution in [-0.2, 0) is 19.6 Å². The maximum atomic E-state index is 13.6. The summed E-state index contributed by atoms with van der Waals surface area (Å²) in [6.07, 6.45) is 6.70. The molecule has 1 aliphatic heterocycles. The van der Waals surface area contributed by atoms with Gasteiger partial charge in [-0.3, -0.25) is 9.59 Å². The maximum absolute atomic E-state index is 13.6. The molecule has 0 unspecified atom stereocenters. The van der Waals surface area contributed by atoms with Crippen molar-refractivity contribution < 1.29 is 32.6 Å². The third-order valence-corrected chi connectivity index (χ3v) is 7.26. The second-order valence-corrected chi connectivity index (χ2v) is 12.4. The predicted octanol–water partition coefficient (Wildman–Crippen LogP) is 2.27. The quantitative estimate of drug-likeness (QED) is 0.269. The lowest BCUT2D eigenvalue weighted by molar-refractivity contribution is -0.126. The molecule has 0 fully saturated rings. The first-order chi connectivity index (χ1) is 19.8. The third-order valence-electron chi connectivity index (χ3n) is 5.43. The number of fused-ring (bicyclic) bond motifs is 1. The first-order valence-electron chi connectivity index (χ1n) is 13.6. The van der Waals surface area contributed by atoms with Crippen molar-refractivity contribution in [3.63, 3.8) is 0 Å². The Labute approximate surface area is 249 Å². The van der Waals surface area contributed by atoms with Gasteiger partial charge in [-0.2, -0.15) is 4.31 Å². The van der Waals surface area contributed by atoms with Gasteiger partial charge in [0.25, 0.3) is 0 Å². The van der Waals surface area contributed by atoms with Gasteiger partial charge in [0.15, 0.2) is 11.5 Å². The molecule has 232 valence electrons. The van der Waals surface area contributed by atoms with Crippen LogP contribution >= 0.6 is 0 Å². The molecule has 2 aromatic carbocycles. The third kappa shape index (κ3) is 11.7. The molecule has 0 aromatic heterocycles. The van der Waals surface area contributed by atoms with Crippen LogP contribution in [0.3, 0.4) is 0 Å². The molecule has 11 nitrogen and oxygen atoms in total. The Morgan fingerprint density at radius 2 is 1.57 bits per heavy atom. The lowest BCUT2D eigenvalue weighted by Crippen LogP contribution is -2.47. The van der Waals surface area contributed by atoms with Gasteiger partial charge >= 0.3 is 0 Å². The van der Waals surface area contributed by atoms with Gasteiger partial charge in [0, 0.05) is 19.2 Å². The van der Waals surface area contributed by atoms with Crippen LogP contribution in [0.4, 0.5) is 0 Å². The van der Waals surface area contributed by atoms with Crippen LogP contribution in [0.15, 0.2) is 53.4 Å². The molecular formula is C30H44N4O7S. The second kappa shape index (κ2) is 18.0. The first kappa shape index (κ1) is 36.4. The second-order valence-electron chi connectivity index (χ2n) is 10.5. The lowest BCUT2D eigenvalue weighted by atomic mass is 10.0. The average molecular weight is 605 g/mol. The Morgan fingerprint density at radius 3 is 2.14 bits per heavy atom. The van der Waals surface area contributed by atoms with Crippen LogP contribution in [0.5, 0.6) is 11.5 Å². The van der Waals surface area contributed by atoms with E-state index < -0.39 is 34.0 Å². The van der Waals surface area contributed by atoms with E-state index in [1.807, 2.05) is 13.8 Å². The summed E-state index contributed by atoms with van der Waals surface area (Å²) in [6, 6.07) is 12.1. The first-order valence-corrected chi connectivity index (χ1v) is 15.0. The van der Waals surface area contributed by atoms with E-state index in [2.05, 4.69) is 44.3 Å². The Morgan fingerprint density at radius 1 is 0.976 bits per heavy atom. The Balaban J connectivity index is 0.00000135. The molecule has 5 N–H and O–H groups in total. The molecule has 0 spiro atoms. The van der Waals surface area contributed by atoms with Crippen LogP contribution in [0.25, 0.3) is 0 Å². The Bertz CT molecular complexity index is 1250. The van der Waals surface area contributed by atoms with Crippen molar-refractivity contribution in [1.29, 1.82) is 0 Å². The van der Waals surface area contributed by atoms with Crippen LogP contribution in [0, 0.1) is 24.7 Å². The van der Waals surface area contributed by atoms with E-state index in [9.17, 15) is 23.1 Å². The van der Waals surface area contributed by atoms with Crippen molar-refractivity contribution in [2.45, 2.75) is 51.7 Å². The number of hydrogen-bond acceptors (Lipinski definition) is 8. The number of nitrogens with one attached hydrogen (secondary N) is 2. The largest absolute Gasteiger partial charge is 0.454 e. The number of hydrogen-bond donors (Lipinski definition) is 4. The molecule has 12 heteroatoms. The minimum atomic E-state index is -4.03. The summed E-state index contributed by atoms with van der Waals surface area (Å²) in [5.41, 5.74) is 5.83. The number of ether oxygens (including phenoxy) is 2. The van der Waals surface area contributed by atoms with Crippen molar-refractivity contribution in [3.8, 4) is 24.3 Å². The minimum absolute atomic E-state index is 0.00407. The van der Waals surface area contributed by atoms with Gasteiger partial charge in [-0.05, 0) is 29.5 Å². The van der Waals surface area contributed by atoms with Gasteiger partial charge in [0.1, 0.15) is 0 Å². The average Bonchev–Trinajstić information content (AvgIpc) is 3.43. The number of sulfonamides is 1. The fourth-order valence-corrected chi connectivity index (χ4v) is 5.35. The zero-order valence-electron chi connectivity index (χ0n) is 24.9. The van der Waals surface area contributed by atoms with Gasteiger partial charge in [-0.25, -0.2) is 8.42 Å². The minimum Gasteiger partial charge on any atom is -0.454 e. The van der Waals surface area contributed by atoms with Crippen molar-refractivity contribution in [1.82, 2.24) is 14.9 Å². The van der Waals surface area contributed by atoms with E-state index >= 15 is 0 Å². The summed E-state index contributed by atoms with van der Waals surface area (Å²) in [7, 11) is -4.03. The van der Waals surface area contributed by atoms with E-state index in [-0.39, 0.29) is 43.8 Å². The standard InChI is InChI=1S/C24H32N4O7S.C4H10.C2H2/c1-16(2)13-28(36(32,33)18-8-9-20-21(10-18)35-15-34-20)14-19(29)24(17-6-4-3-5-7-17)27-23(31)12-26-22(30)11-25;1-4(2)3;1-2/h3-10,16,19,24,29H,11-15,25H2,1-2H3,(H,26,30)(H,27,31);4H,1-3H3;1-2H/t19-,24+;;/m1../s1. The van der Waals surface area contributed by atoms with E-state index in [1.165, 1.54) is 22.5 Å². The highest BCUT2D eigenvalue weighted by Gasteiger charge is 2.32. The fourth-order valence-electron chi connectivity index (χ4n) is 3.72. The fraction of sp³-hybridized carbons (Fsp3) is 0.467.